The van der Waals surface area contributed by atoms with Crippen LogP contribution in [0.1, 0.15) is 36.5 Å². The fourth-order valence-electron chi connectivity index (χ4n) is 1.56. The largest absolute Gasteiger partial charge is 4.00 e. The van der Waals surface area contributed by atoms with Gasteiger partial charge in [0.2, 0.25) is 0 Å². The van der Waals surface area contributed by atoms with E-state index in [9.17, 15) is 0 Å². The van der Waals surface area contributed by atoms with Crippen LogP contribution in [-0.2, 0) is 32.6 Å². The normalized spacial score (nSPS) is 8.16. The van der Waals surface area contributed by atoms with Gasteiger partial charge in [0.25, 0.3) is 0 Å². The fraction of sp³-hybridized carbons (Fsp3) is 0.375. The number of hydrogen-bond acceptors (Lipinski definition) is 0. The van der Waals surface area contributed by atoms with Crippen LogP contribution >= 0.6 is 0 Å². The molecule has 0 saturated carbocycles. The molecule has 0 aliphatic rings. The summed E-state index contributed by atoms with van der Waals surface area (Å²) < 4.78 is 0. The number of rotatable bonds is 3. The minimum absolute atomic E-state index is 0. The average molecular weight is 376 g/mol. The van der Waals surface area contributed by atoms with Gasteiger partial charge in [0.15, 0.2) is 0 Å². The molecule has 2 rings (SSSR count). The van der Waals surface area contributed by atoms with E-state index >= 15 is 0 Å². The van der Waals surface area contributed by atoms with Crippen molar-refractivity contribution < 1.29 is 51.0 Å². The summed E-state index contributed by atoms with van der Waals surface area (Å²) in [5.41, 5.74) is 4.26. The van der Waals surface area contributed by atoms with Gasteiger partial charge in [0.05, 0.1) is 0 Å². The Morgan fingerprint density at radius 3 is 1.89 bits per heavy atom. The summed E-state index contributed by atoms with van der Waals surface area (Å²) in [6.07, 6.45) is 3.87. The Hall–Kier alpha value is 0.163. The third-order valence-electron chi connectivity index (χ3n) is 2.87. The molecule has 104 valence electrons. The minimum atomic E-state index is 0. The second-order valence-electron chi connectivity index (χ2n) is 4.29. The summed E-state index contributed by atoms with van der Waals surface area (Å²) in [4.78, 5) is 0. The average Bonchev–Trinajstić information content (AvgIpc) is 2.90. The van der Waals surface area contributed by atoms with Crippen molar-refractivity contribution in [3.05, 3.63) is 59.2 Å². The third-order valence-corrected chi connectivity index (χ3v) is 2.87. The van der Waals surface area contributed by atoms with Crippen LogP contribution in [0.5, 0.6) is 0 Å². The SMILES string of the molecule is CCCC[c-]1cccc1.Cc1ccc[c-]1C.[Cl-].[Cl-].[Zr+4]. The van der Waals surface area contributed by atoms with Gasteiger partial charge >= 0.3 is 26.2 Å². The minimum Gasteiger partial charge on any atom is -1.00 e. The van der Waals surface area contributed by atoms with Crippen molar-refractivity contribution in [3.8, 4) is 0 Å². The molecule has 0 N–H and O–H groups in total. The molecule has 0 fully saturated rings. The molecule has 0 nitrogen and oxygen atoms in total. The monoisotopic (exact) mass is 374 g/mol. The Labute approximate surface area is 149 Å². The summed E-state index contributed by atoms with van der Waals surface area (Å²) in [7, 11) is 0. The standard InChI is InChI=1S/C9H13.C7H9.2ClH.Zr/c1-2-3-6-9-7-4-5-8-9;1-6-4-3-5-7(6)2;;;/h4-5,7-8H,2-3,6H2,1H3;3-5H,1-2H3;2*1H;/q2*-1;;;+4/p-2. The molecule has 0 saturated heterocycles. The predicted octanol–water partition coefficient (Wildman–Crippen LogP) is -1.22. The van der Waals surface area contributed by atoms with Gasteiger partial charge in [-0.3, -0.25) is 0 Å². The van der Waals surface area contributed by atoms with E-state index in [0.29, 0.717) is 0 Å². The maximum absolute atomic E-state index is 2.23. The van der Waals surface area contributed by atoms with Crippen LogP contribution in [0.25, 0.3) is 0 Å². The molecule has 0 unspecified atom stereocenters. The molecule has 0 atom stereocenters. The van der Waals surface area contributed by atoms with Crippen molar-refractivity contribution in [1.82, 2.24) is 0 Å². The van der Waals surface area contributed by atoms with Crippen molar-refractivity contribution in [3.63, 3.8) is 0 Å². The quantitative estimate of drug-likeness (QED) is 0.589. The van der Waals surface area contributed by atoms with Crippen LogP contribution in [0.3, 0.4) is 0 Å². The molecule has 0 bridgehead atoms. The zero-order valence-corrected chi connectivity index (χ0v) is 15.9. The van der Waals surface area contributed by atoms with Crippen molar-refractivity contribution in [1.29, 1.82) is 0 Å². The maximum atomic E-state index is 2.23. The predicted molar refractivity (Wildman–Crippen MR) is 72.2 cm³/mol. The smallest absolute Gasteiger partial charge is 1.00 e. The molecule has 2 aromatic rings. The van der Waals surface area contributed by atoms with Gasteiger partial charge in [0.1, 0.15) is 0 Å². The third kappa shape index (κ3) is 10.6. The number of halogens is 2. The molecule has 0 aliphatic heterocycles. The molecular formula is C16H22Cl2Zr. The Bertz CT molecular complexity index is 361. The molecule has 0 aliphatic carbocycles. The molecule has 0 heterocycles. The number of aryl methyl sites for hydroxylation is 3. The number of unbranched alkanes of at least 4 members (excludes halogenated alkanes) is 1. The Kier molecular flexibility index (Phi) is 18.6. The van der Waals surface area contributed by atoms with Crippen LogP contribution in [0.15, 0.2) is 42.5 Å². The van der Waals surface area contributed by atoms with E-state index < -0.39 is 0 Å². The Morgan fingerprint density at radius 1 is 1.00 bits per heavy atom. The summed E-state index contributed by atoms with van der Waals surface area (Å²) in [6, 6.07) is 14.9. The second kappa shape index (κ2) is 14.6. The first-order valence-corrected chi connectivity index (χ1v) is 6.13. The van der Waals surface area contributed by atoms with E-state index in [1.54, 1.807) is 0 Å². The van der Waals surface area contributed by atoms with Gasteiger partial charge < -0.3 is 24.8 Å². The molecular weight excluding hydrogens is 354 g/mol. The maximum Gasteiger partial charge on any atom is 4.00 e. The second-order valence-corrected chi connectivity index (χ2v) is 4.29. The van der Waals surface area contributed by atoms with Gasteiger partial charge in [-0.2, -0.15) is 34.9 Å². The molecule has 0 amide bonds. The van der Waals surface area contributed by atoms with E-state index in [0.717, 1.165) is 0 Å². The van der Waals surface area contributed by atoms with E-state index in [-0.39, 0.29) is 51.0 Å². The fourth-order valence-corrected chi connectivity index (χ4v) is 1.56. The van der Waals surface area contributed by atoms with Crippen molar-refractivity contribution >= 4 is 0 Å². The van der Waals surface area contributed by atoms with Crippen LogP contribution in [0.4, 0.5) is 0 Å². The first-order chi connectivity index (χ1) is 7.74. The molecule has 2 aromatic carbocycles. The van der Waals surface area contributed by atoms with Crippen LogP contribution in [0.2, 0.25) is 0 Å². The first-order valence-electron chi connectivity index (χ1n) is 6.13. The summed E-state index contributed by atoms with van der Waals surface area (Å²) in [6.45, 7) is 6.47. The summed E-state index contributed by atoms with van der Waals surface area (Å²) >= 11 is 0. The van der Waals surface area contributed by atoms with Crippen molar-refractivity contribution in [2.75, 3.05) is 0 Å². The van der Waals surface area contributed by atoms with E-state index in [1.165, 1.54) is 36.0 Å². The topological polar surface area (TPSA) is 0 Å². The van der Waals surface area contributed by atoms with E-state index in [1.807, 2.05) is 0 Å². The van der Waals surface area contributed by atoms with Gasteiger partial charge in [-0.05, 0) is 0 Å². The Morgan fingerprint density at radius 2 is 1.58 bits per heavy atom. The van der Waals surface area contributed by atoms with E-state index in [2.05, 4.69) is 63.2 Å². The summed E-state index contributed by atoms with van der Waals surface area (Å²) in [5.74, 6) is 0. The molecule has 3 heteroatoms. The van der Waals surface area contributed by atoms with Gasteiger partial charge in [-0.25, -0.2) is 24.3 Å². The zero-order valence-electron chi connectivity index (χ0n) is 11.9. The molecule has 0 spiro atoms. The summed E-state index contributed by atoms with van der Waals surface area (Å²) in [5, 5.41) is 0. The van der Waals surface area contributed by atoms with Crippen molar-refractivity contribution in [2.24, 2.45) is 0 Å². The Balaban J connectivity index is -0.000000237. The molecule has 0 radical (unpaired) electrons. The molecule has 0 aromatic heterocycles. The van der Waals surface area contributed by atoms with Crippen LogP contribution in [-0.4, -0.2) is 0 Å². The van der Waals surface area contributed by atoms with Gasteiger partial charge in [0, 0.05) is 0 Å². The van der Waals surface area contributed by atoms with Gasteiger partial charge in [-0.15, -0.1) is 0 Å². The first kappa shape index (κ1) is 24.2. The van der Waals surface area contributed by atoms with Gasteiger partial charge in [-0.1, -0.05) is 40.0 Å². The molecule has 19 heavy (non-hydrogen) atoms. The van der Waals surface area contributed by atoms with Crippen LogP contribution < -0.4 is 24.8 Å². The zero-order chi connectivity index (χ0) is 11.8. The van der Waals surface area contributed by atoms with E-state index in [4.69, 9.17) is 0 Å². The number of hydrogen-bond donors (Lipinski definition) is 0. The van der Waals surface area contributed by atoms with Crippen LogP contribution in [0, 0.1) is 13.8 Å². The van der Waals surface area contributed by atoms with Crippen molar-refractivity contribution in [2.45, 2.75) is 40.0 Å².